The van der Waals surface area contributed by atoms with Gasteiger partial charge >= 0.3 is 0 Å². The lowest BCUT2D eigenvalue weighted by Crippen LogP contribution is -2.16. The van der Waals surface area contributed by atoms with E-state index >= 15 is 0 Å². The number of anilines is 2. The molecule has 0 radical (unpaired) electrons. The van der Waals surface area contributed by atoms with Gasteiger partial charge in [-0.15, -0.1) is 0 Å². The molecule has 1 saturated carbocycles. The molecule has 0 saturated heterocycles. The van der Waals surface area contributed by atoms with Crippen LogP contribution < -0.4 is 10.0 Å². The average molecular weight is 254 g/mol. The van der Waals surface area contributed by atoms with E-state index in [1.54, 1.807) is 12.1 Å². The molecule has 4 nitrogen and oxygen atoms in total. The van der Waals surface area contributed by atoms with Crippen LogP contribution in [0.3, 0.4) is 0 Å². The second-order valence-electron chi connectivity index (χ2n) is 4.42. The van der Waals surface area contributed by atoms with Gasteiger partial charge < -0.3 is 5.32 Å². The zero-order valence-electron chi connectivity index (χ0n) is 9.94. The fourth-order valence-electron chi connectivity index (χ4n) is 1.60. The van der Waals surface area contributed by atoms with Crippen molar-refractivity contribution in [1.29, 1.82) is 0 Å². The van der Waals surface area contributed by atoms with Crippen molar-refractivity contribution in [1.82, 2.24) is 0 Å². The smallest absolute Gasteiger partial charge is 0.232 e. The molecule has 0 amide bonds. The predicted molar refractivity (Wildman–Crippen MR) is 70.8 cm³/mol. The molecule has 0 bridgehead atoms. The van der Waals surface area contributed by atoms with Crippen molar-refractivity contribution in [3.05, 3.63) is 24.3 Å². The van der Waals surface area contributed by atoms with E-state index in [-0.39, 0.29) is 5.75 Å². The third-order valence-corrected chi connectivity index (χ3v) is 4.07. The van der Waals surface area contributed by atoms with Crippen LogP contribution in [0.4, 0.5) is 11.4 Å². The van der Waals surface area contributed by atoms with Crippen LogP contribution in [0.25, 0.3) is 0 Å². The Morgan fingerprint density at radius 1 is 1.18 bits per heavy atom. The first kappa shape index (κ1) is 12.2. The zero-order chi connectivity index (χ0) is 12.3. The minimum Gasteiger partial charge on any atom is -0.382 e. The maximum Gasteiger partial charge on any atom is 0.232 e. The van der Waals surface area contributed by atoms with E-state index in [1.165, 1.54) is 12.8 Å². The first-order valence-corrected chi connectivity index (χ1v) is 7.61. The molecule has 0 aromatic heterocycles. The van der Waals surface area contributed by atoms with Gasteiger partial charge in [0.2, 0.25) is 10.0 Å². The highest BCUT2D eigenvalue weighted by Gasteiger charge is 2.20. The van der Waals surface area contributed by atoms with Gasteiger partial charge in [0.25, 0.3) is 0 Å². The maximum absolute atomic E-state index is 11.5. The van der Waals surface area contributed by atoms with Crippen molar-refractivity contribution in [2.75, 3.05) is 15.8 Å². The number of hydrogen-bond acceptors (Lipinski definition) is 3. The molecular formula is C12H18N2O2S. The Morgan fingerprint density at radius 2 is 1.76 bits per heavy atom. The van der Waals surface area contributed by atoms with Crippen LogP contribution in [-0.2, 0) is 10.0 Å². The van der Waals surface area contributed by atoms with E-state index in [0.717, 1.165) is 5.69 Å². The Kier molecular flexibility index (Phi) is 3.57. The minimum absolute atomic E-state index is 0.162. The molecule has 2 rings (SSSR count). The van der Waals surface area contributed by atoms with Gasteiger partial charge in [-0.05, 0) is 43.5 Å². The lowest BCUT2D eigenvalue weighted by Gasteiger charge is -2.08. The van der Waals surface area contributed by atoms with Gasteiger partial charge in [-0.3, -0.25) is 4.72 Å². The Labute approximate surface area is 102 Å². The minimum atomic E-state index is -3.18. The van der Waals surface area contributed by atoms with Gasteiger partial charge in [0.05, 0.1) is 5.75 Å². The molecule has 0 heterocycles. The predicted octanol–water partition coefficient (Wildman–Crippen LogP) is 2.41. The molecule has 5 heteroatoms. The summed E-state index contributed by atoms with van der Waals surface area (Å²) in [5.41, 5.74) is 1.67. The summed E-state index contributed by atoms with van der Waals surface area (Å²) in [6, 6.07) is 8.00. The summed E-state index contributed by atoms with van der Waals surface area (Å²) in [4.78, 5) is 0. The molecule has 0 spiro atoms. The molecule has 0 atom stereocenters. The van der Waals surface area contributed by atoms with E-state index in [0.29, 0.717) is 18.2 Å². The van der Waals surface area contributed by atoms with E-state index in [9.17, 15) is 8.42 Å². The SMILES string of the molecule is CCCS(=O)(=O)Nc1ccc(NC2CC2)cc1. The number of benzene rings is 1. The molecule has 0 aliphatic heterocycles. The number of nitrogens with one attached hydrogen (secondary N) is 2. The number of rotatable bonds is 6. The Balaban J connectivity index is 1.97. The van der Waals surface area contributed by atoms with Crippen molar-refractivity contribution in [2.24, 2.45) is 0 Å². The standard InChI is InChI=1S/C12H18N2O2S/c1-2-9-17(15,16)14-12-7-5-11(6-8-12)13-10-3-4-10/h5-8,10,13-14H,2-4,9H2,1H3. The Hall–Kier alpha value is -1.23. The molecule has 2 N–H and O–H groups in total. The van der Waals surface area contributed by atoms with Crippen molar-refractivity contribution >= 4 is 21.4 Å². The van der Waals surface area contributed by atoms with Gasteiger partial charge in [-0.2, -0.15) is 0 Å². The van der Waals surface area contributed by atoms with Gasteiger partial charge in [0.1, 0.15) is 0 Å². The van der Waals surface area contributed by atoms with Crippen molar-refractivity contribution in [3.8, 4) is 0 Å². The van der Waals surface area contributed by atoms with Crippen LogP contribution in [-0.4, -0.2) is 20.2 Å². The second kappa shape index (κ2) is 4.96. The Morgan fingerprint density at radius 3 is 2.29 bits per heavy atom. The summed E-state index contributed by atoms with van der Waals surface area (Å²) in [5.74, 6) is 0.162. The van der Waals surface area contributed by atoms with Crippen LogP contribution in [0.1, 0.15) is 26.2 Å². The second-order valence-corrected chi connectivity index (χ2v) is 6.26. The van der Waals surface area contributed by atoms with Crippen molar-refractivity contribution < 1.29 is 8.42 Å². The lowest BCUT2D eigenvalue weighted by molar-refractivity contribution is 0.600. The average Bonchev–Trinajstić information content (AvgIpc) is 3.04. The zero-order valence-corrected chi connectivity index (χ0v) is 10.8. The van der Waals surface area contributed by atoms with Crippen molar-refractivity contribution in [3.63, 3.8) is 0 Å². The highest BCUT2D eigenvalue weighted by molar-refractivity contribution is 7.92. The highest BCUT2D eigenvalue weighted by atomic mass is 32.2. The first-order chi connectivity index (χ1) is 8.09. The maximum atomic E-state index is 11.5. The molecule has 17 heavy (non-hydrogen) atoms. The normalized spacial score (nSPS) is 15.6. The van der Waals surface area contributed by atoms with Gasteiger partial charge in [0, 0.05) is 17.4 Å². The van der Waals surface area contributed by atoms with Crippen molar-refractivity contribution in [2.45, 2.75) is 32.2 Å². The third kappa shape index (κ3) is 3.93. The summed E-state index contributed by atoms with van der Waals surface area (Å²) in [7, 11) is -3.18. The molecule has 1 aliphatic carbocycles. The molecule has 94 valence electrons. The third-order valence-electron chi connectivity index (χ3n) is 2.58. The lowest BCUT2D eigenvalue weighted by atomic mass is 10.3. The molecule has 1 aromatic carbocycles. The van der Waals surface area contributed by atoms with E-state index < -0.39 is 10.0 Å². The van der Waals surface area contributed by atoms with Crippen LogP contribution in [0.2, 0.25) is 0 Å². The highest BCUT2D eigenvalue weighted by Crippen LogP contribution is 2.25. The van der Waals surface area contributed by atoms with E-state index in [2.05, 4.69) is 10.0 Å². The van der Waals surface area contributed by atoms with Gasteiger partial charge in [-0.1, -0.05) is 6.92 Å². The Bertz CT molecular complexity index is 464. The molecular weight excluding hydrogens is 236 g/mol. The monoisotopic (exact) mass is 254 g/mol. The van der Waals surface area contributed by atoms with Gasteiger partial charge in [-0.25, -0.2) is 8.42 Å². The van der Waals surface area contributed by atoms with Crippen LogP contribution in [0.15, 0.2) is 24.3 Å². The van der Waals surface area contributed by atoms with Gasteiger partial charge in [0.15, 0.2) is 0 Å². The first-order valence-electron chi connectivity index (χ1n) is 5.96. The largest absolute Gasteiger partial charge is 0.382 e. The molecule has 1 aliphatic rings. The number of hydrogen-bond donors (Lipinski definition) is 2. The fourth-order valence-corrected chi connectivity index (χ4v) is 2.73. The molecule has 0 unspecified atom stereocenters. The fraction of sp³-hybridized carbons (Fsp3) is 0.500. The van der Waals surface area contributed by atoms with E-state index in [1.807, 2.05) is 19.1 Å². The summed E-state index contributed by atoms with van der Waals surface area (Å²) in [5, 5.41) is 3.35. The summed E-state index contributed by atoms with van der Waals surface area (Å²) >= 11 is 0. The summed E-state index contributed by atoms with van der Waals surface area (Å²) in [6.07, 6.45) is 3.08. The van der Waals surface area contributed by atoms with E-state index in [4.69, 9.17) is 0 Å². The summed E-state index contributed by atoms with van der Waals surface area (Å²) in [6.45, 7) is 1.85. The molecule has 1 fully saturated rings. The van der Waals surface area contributed by atoms with Crippen LogP contribution in [0, 0.1) is 0 Å². The van der Waals surface area contributed by atoms with Crippen LogP contribution >= 0.6 is 0 Å². The topological polar surface area (TPSA) is 58.2 Å². The molecule has 1 aromatic rings. The number of sulfonamides is 1. The van der Waals surface area contributed by atoms with Crippen LogP contribution in [0.5, 0.6) is 0 Å². The summed E-state index contributed by atoms with van der Waals surface area (Å²) < 4.78 is 25.7. The quantitative estimate of drug-likeness (QED) is 0.819.